The fraction of sp³-hybridized carbons (Fsp3) is 0.485. The third kappa shape index (κ3) is 17.5. The average molecular weight is 1320 g/mol. The summed E-state index contributed by atoms with van der Waals surface area (Å²) in [7, 11) is 0. The number of thiazole rings is 1. The maximum Gasteiger partial charge on any atom is 0.319 e. The molecule has 0 aliphatic carbocycles. The molecule has 5 atom stereocenters. The lowest BCUT2D eigenvalue weighted by Crippen LogP contribution is -2.48. The third-order valence-electron chi connectivity index (χ3n) is 16.9. The second kappa shape index (κ2) is 32.6. The summed E-state index contributed by atoms with van der Waals surface area (Å²) in [5, 5.41) is 30.4. The van der Waals surface area contributed by atoms with E-state index >= 15 is 4.39 Å². The van der Waals surface area contributed by atoms with E-state index in [-0.39, 0.29) is 102 Å². The number of carbonyl (C=O) groups excluding carboxylic acids is 3. The number of piperidine rings is 1. The summed E-state index contributed by atoms with van der Waals surface area (Å²) in [6.45, 7) is 20.8. The largest absolute Gasteiger partial charge is 0.508 e. The first-order valence-electron chi connectivity index (χ1n) is 31.8. The fourth-order valence-electron chi connectivity index (χ4n) is 12.2. The van der Waals surface area contributed by atoms with Gasteiger partial charge in [-0.2, -0.15) is 9.97 Å². The number of aromatic hydroxyl groups is 1. The molecular weight excluding hydrogens is 1240 g/mol. The molecule has 4 aromatic carbocycles. The summed E-state index contributed by atoms with van der Waals surface area (Å²) in [6, 6.07) is 20.6. The fourth-order valence-corrected chi connectivity index (χ4v) is 13.3. The Hall–Kier alpha value is -7.39. The molecule has 3 saturated heterocycles. The van der Waals surface area contributed by atoms with Gasteiger partial charge in [0, 0.05) is 75.8 Å². The number of amides is 3. The van der Waals surface area contributed by atoms with E-state index < -0.39 is 23.9 Å². The van der Waals surface area contributed by atoms with Gasteiger partial charge in [0.1, 0.15) is 41.8 Å². The minimum atomic E-state index is -0.857. The first kappa shape index (κ1) is 68.5. The molecule has 7 aromatic rings. The number of aliphatic hydroxyl groups excluding tert-OH is 1. The van der Waals surface area contributed by atoms with E-state index in [1.165, 1.54) is 17.0 Å². The maximum atomic E-state index is 17.1. The van der Waals surface area contributed by atoms with Crippen LogP contribution < -0.4 is 19.7 Å². The molecule has 3 fully saturated rings. The smallest absolute Gasteiger partial charge is 0.319 e. The molecule has 0 unspecified atom stereocenters. The number of benzene rings is 4. The van der Waals surface area contributed by atoms with E-state index in [9.17, 15) is 24.6 Å². The van der Waals surface area contributed by atoms with Gasteiger partial charge in [-0.1, -0.05) is 80.6 Å². The van der Waals surface area contributed by atoms with E-state index in [4.69, 9.17) is 54.3 Å². The van der Waals surface area contributed by atoms with Gasteiger partial charge in [0.25, 0.3) is 5.88 Å². The van der Waals surface area contributed by atoms with Crippen molar-refractivity contribution in [1.29, 1.82) is 0 Å². The van der Waals surface area contributed by atoms with Crippen LogP contribution in [0.4, 0.5) is 10.2 Å². The van der Waals surface area contributed by atoms with Crippen LogP contribution >= 0.6 is 22.9 Å². The zero-order chi connectivity index (χ0) is 65.5. The van der Waals surface area contributed by atoms with Crippen LogP contribution in [-0.2, 0) is 38.1 Å². The van der Waals surface area contributed by atoms with Crippen molar-refractivity contribution >= 4 is 68.2 Å². The molecule has 3 aromatic heterocycles. The number of likely N-dealkylation sites (tertiary alicyclic amines) is 2. The summed E-state index contributed by atoms with van der Waals surface area (Å²) in [5.41, 5.74) is 5.32. The minimum Gasteiger partial charge on any atom is -0.508 e. The number of aryl methyl sites for hydroxylation is 1. The van der Waals surface area contributed by atoms with Crippen molar-refractivity contribution in [2.45, 2.75) is 90.2 Å². The molecular formula is C68H83ClFN9O13S. The molecule has 0 radical (unpaired) electrons. The maximum absolute atomic E-state index is 17.1. The summed E-state index contributed by atoms with van der Waals surface area (Å²) >= 11 is 8.51. The number of ether oxygens (including phenoxy) is 7. The summed E-state index contributed by atoms with van der Waals surface area (Å²) in [6.07, 6.45) is 1.98. The van der Waals surface area contributed by atoms with Gasteiger partial charge in [-0.15, -0.1) is 11.3 Å². The number of carbonyl (C=O) groups is 3. The Bertz CT molecular complexity index is 3660. The van der Waals surface area contributed by atoms with Gasteiger partial charge in [0.05, 0.1) is 98.8 Å². The zero-order valence-electron chi connectivity index (χ0n) is 53.3. The Morgan fingerprint density at radius 2 is 1.53 bits per heavy atom. The highest BCUT2D eigenvalue weighted by atomic mass is 35.5. The predicted molar refractivity (Wildman–Crippen MR) is 351 cm³/mol. The normalized spacial score (nSPS) is 17.5. The van der Waals surface area contributed by atoms with Crippen molar-refractivity contribution in [1.82, 2.24) is 40.1 Å². The number of hydrogen-bond acceptors (Lipinski definition) is 20. The van der Waals surface area contributed by atoms with E-state index in [0.29, 0.717) is 108 Å². The minimum absolute atomic E-state index is 0.0192. The number of anilines is 1. The molecule has 22 nitrogen and oxygen atoms in total. The number of aliphatic hydroxyl groups is 1. The Morgan fingerprint density at radius 3 is 2.19 bits per heavy atom. The van der Waals surface area contributed by atoms with Crippen LogP contribution in [-0.4, -0.2) is 206 Å². The number of aromatic nitrogens is 4. The molecule has 0 bridgehead atoms. The molecule has 93 heavy (non-hydrogen) atoms. The molecule has 3 amide bonds. The van der Waals surface area contributed by atoms with Gasteiger partial charge in [-0.25, -0.2) is 9.37 Å². The third-order valence-corrected chi connectivity index (χ3v) is 18.2. The van der Waals surface area contributed by atoms with Gasteiger partial charge in [-0.05, 0) is 96.4 Å². The number of hydrogen-bond donors (Lipinski definition) is 3. The number of halogens is 2. The zero-order valence-corrected chi connectivity index (χ0v) is 54.9. The molecule has 3 aliphatic rings. The summed E-state index contributed by atoms with van der Waals surface area (Å²) < 4.78 is 63.8. The van der Waals surface area contributed by atoms with Crippen LogP contribution in [0.25, 0.3) is 43.2 Å². The summed E-state index contributed by atoms with van der Waals surface area (Å²) in [4.78, 5) is 62.7. The number of nitrogens with one attached hydrogen (secondary N) is 1. The van der Waals surface area contributed by atoms with Gasteiger partial charge in [0.2, 0.25) is 17.7 Å². The Labute approximate surface area is 549 Å². The first-order valence-corrected chi connectivity index (χ1v) is 33.1. The lowest BCUT2D eigenvalue weighted by atomic mass is 9.91. The highest BCUT2D eigenvalue weighted by molar-refractivity contribution is 7.13. The molecule has 6 heterocycles. The average Bonchev–Trinajstić information content (AvgIpc) is 1.36. The molecule has 3 N–H and O–H groups in total. The lowest BCUT2D eigenvalue weighted by molar-refractivity contribution is -0.141. The van der Waals surface area contributed by atoms with Gasteiger partial charge < -0.3 is 67.9 Å². The molecule has 10 rings (SSSR count). The highest BCUT2D eigenvalue weighted by Crippen LogP contribution is 2.43. The number of β-amino-alcohol motifs (C(OH)–C–C–N with tert-alkyl or cyclic N) is 1. The van der Waals surface area contributed by atoms with Crippen molar-refractivity contribution < 1.29 is 66.7 Å². The van der Waals surface area contributed by atoms with Crippen LogP contribution in [0.3, 0.4) is 0 Å². The SMILES string of the molecule is C=CC(=O)N1CCN(c2nc(O[C@H](C)CN3CCC(OCCOCCOCCOCCOCCOc4cc([C@H](C(=O)N5C[C@H](O)C[C@H]5C(=O)N[C@@H](C)c5ccc(-c6scnc6C)cc5)C(C)C)on4)CC3)nc3c(F)c(-c4cc(O)cc5ccccc45)c(Cl)cc23)CC1. The van der Waals surface area contributed by atoms with E-state index in [1.807, 2.05) is 93.6 Å². The molecule has 0 spiro atoms. The van der Waals surface area contributed by atoms with Crippen molar-refractivity contribution in [3.63, 3.8) is 0 Å². The van der Waals surface area contributed by atoms with Crippen LogP contribution in [0.1, 0.15) is 75.9 Å². The number of phenolic OH excluding ortho intramolecular Hbond substituents is 1. The van der Waals surface area contributed by atoms with E-state index in [0.717, 1.165) is 58.4 Å². The monoisotopic (exact) mass is 1320 g/mol. The Kier molecular flexibility index (Phi) is 24.0. The van der Waals surface area contributed by atoms with Crippen molar-refractivity contribution in [2.75, 3.05) is 123 Å². The van der Waals surface area contributed by atoms with Crippen LogP contribution in [0.5, 0.6) is 17.6 Å². The molecule has 25 heteroatoms. The van der Waals surface area contributed by atoms with Crippen molar-refractivity contribution in [3.05, 3.63) is 119 Å². The van der Waals surface area contributed by atoms with Crippen LogP contribution in [0, 0.1) is 18.7 Å². The predicted octanol–water partition coefficient (Wildman–Crippen LogP) is 9.18. The quantitative estimate of drug-likeness (QED) is 0.0271. The van der Waals surface area contributed by atoms with Gasteiger partial charge in [-0.3, -0.25) is 19.3 Å². The number of piperazine rings is 1. The number of rotatable bonds is 31. The van der Waals surface area contributed by atoms with Crippen molar-refractivity contribution in [2.24, 2.45) is 5.92 Å². The second-order valence-electron chi connectivity index (χ2n) is 23.9. The highest BCUT2D eigenvalue weighted by Gasteiger charge is 2.44. The van der Waals surface area contributed by atoms with Crippen LogP contribution in [0.15, 0.2) is 95.5 Å². The molecule has 3 aliphatic heterocycles. The first-order chi connectivity index (χ1) is 45.0. The van der Waals surface area contributed by atoms with E-state index in [2.05, 4.69) is 31.9 Å². The Balaban J connectivity index is 0.576. The number of nitrogens with zero attached hydrogens (tertiary/aromatic N) is 8. The number of fused-ring (bicyclic) bond motifs is 2. The molecule has 498 valence electrons. The van der Waals surface area contributed by atoms with E-state index in [1.54, 1.807) is 34.4 Å². The van der Waals surface area contributed by atoms with Crippen LogP contribution in [0.2, 0.25) is 5.02 Å². The molecule has 0 saturated carbocycles. The number of phenols is 1. The summed E-state index contributed by atoms with van der Waals surface area (Å²) in [5.74, 6) is -1.54. The van der Waals surface area contributed by atoms with Gasteiger partial charge >= 0.3 is 6.01 Å². The van der Waals surface area contributed by atoms with Crippen molar-refractivity contribution in [3.8, 4) is 39.2 Å². The lowest BCUT2D eigenvalue weighted by Gasteiger charge is -2.35. The Morgan fingerprint density at radius 1 is 0.849 bits per heavy atom. The van der Waals surface area contributed by atoms with Gasteiger partial charge in [0.15, 0.2) is 11.6 Å². The standard InChI is InChI=1S/C68H83ClFN9O13S/c1-7-59(82)77-20-22-78(23-21-77)65-54-37-55(69)61(53-35-49(80)34-48-10-8-9-11-52(48)53)62(70)63(54)73-68(74-65)91-43(4)39-76-18-16-51(17-19-76)89-32-30-87-28-26-85-24-25-86-27-29-88-31-33-90-58-38-57(92-75-58)60(42(2)3)67(84)79-40-50(81)36-56(79)66(83)72-44(5)46-12-14-47(15-13-46)64-45(6)71-41-93-64/h7-15,34-35,37-38,41-44,50-51,56,60,80-81H,1,16-33,36,39-40H2,2-6H3,(H,72,83)/t43-,44+,50-,56+,60-/m1/s1. The second-order valence-corrected chi connectivity index (χ2v) is 25.2. The topological polar surface area (TPSA) is 246 Å².